The minimum atomic E-state index is -0.617. The highest BCUT2D eigenvalue weighted by atomic mass is 35.5. The number of Topliss-reactive ketones (excluding diaryl/α,β-unsaturated/α-hetero) is 1. The summed E-state index contributed by atoms with van der Waals surface area (Å²) in [6.07, 6.45) is -0.105. The standard InChI is InChI=1S/C19H18ClNO5/c1-25-16-4-2-3-15(11-16)21-18(23)12-26-19(24)10-9-17(22)13-5-7-14(20)8-6-13/h2-8,11H,9-10,12H2,1H3,(H,21,23). The van der Waals surface area contributed by atoms with E-state index in [2.05, 4.69) is 5.32 Å². The van der Waals surface area contributed by atoms with E-state index in [9.17, 15) is 14.4 Å². The minimum absolute atomic E-state index is 0.00202. The summed E-state index contributed by atoms with van der Waals surface area (Å²) in [5.41, 5.74) is 1.00. The van der Waals surface area contributed by atoms with E-state index in [4.69, 9.17) is 21.1 Å². The Morgan fingerprint density at radius 1 is 1.04 bits per heavy atom. The van der Waals surface area contributed by atoms with Gasteiger partial charge in [-0.2, -0.15) is 0 Å². The molecular formula is C19H18ClNO5. The third-order valence-electron chi connectivity index (χ3n) is 3.44. The van der Waals surface area contributed by atoms with Crippen LogP contribution in [0.5, 0.6) is 5.75 Å². The monoisotopic (exact) mass is 375 g/mol. The van der Waals surface area contributed by atoms with E-state index in [1.807, 2.05) is 0 Å². The molecule has 0 saturated heterocycles. The van der Waals surface area contributed by atoms with Crippen molar-refractivity contribution in [1.29, 1.82) is 0 Å². The Morgan fingerprint density at radius 3 is 2.46 bits per heavy atom. The lowest BCUT2D eigenvalue weighted by Crippen LogP contribution is -2.21. The van der Waals surface area contributed by atoms with Crippen LogP contribution in [0.4, 0.5) is 5.69 Å². The molecule has 0 radical (unpaired) electrons. The second-order valence-electron chi connectivity index (χ2n) is 5.37. The molecule has 1 N–H and O–H groups in total. The van der Waals surface area contributed by atoms with Crippen LogP contribution >= 0.6 is 11.6 Å². The Bertz CT molecular complexity index is 789. The van der Waals surface area contributed by atoms with Crippen molar-refractivity contribution >= 4 is 34.9 Å². The number of hydrogen-bond donors (Lipinski definition) is 1. The van der Waals surface area contributed by atoms with Gasteiger partial charge in [-0.25, -0.2) is 0 Å². The molecule has 0 spiro atoms. The minimum Gasteiger partial charge on any atom is -0.497 e. The number of carbonyl (C=O) groups is 3. The topological polar surface area (TPSA) is 81.7 Å². The van der Waals surface area contributed by atoms with Crippen LogP contribution in [-0.4, -0.2) is 31.4 Å². The third kappa shape index (κ3) is 6.22. The molecule has 0 atom stereocenters. The lowest BCUT2D eigenvalue weighted by Gasteiger charge is -2.08. The summed E-state index contributed by atoms with van der Waals surface area (Å²) >= 11 is 5.76. The molecule has 6 nitrogen and oxygen atoms in total. The van der Waals surface area contributed by atoms with Crippen molar-refractivity contribution in [3.05, 3.63) is 59.1 Å². The van der Waals surface area contributed by atoms with Crippen molar-refractivity contribution < 1.29 is 23.9 Å². The zero-order valence-corrected chi connectivity index (χ0v) is 14.9. The Hall–Kier alpha value is -2.86. The van der Waals surface area contributed by atoms with Gasteiger partial charge in [-0.15, -0.1) is 0 Å². The molecule has 0 heterocycles. The van der Waals surface area contributed by atoms with E-state index in [0.29, 0.717) is 22.0 Å². The van der Waals surface area contributed by atoms with Gasteiger partial charge in [0.05, 0.1) is 13.5 Å². The lowest BCUT2D eigenvalue weighted by molar-refractivity contribution is -0.147. The predicted molar refractivity (Wildman–Crippen MR) is 97.6 cm³/mol. The van der Waals surface area contributed by atoms with Gasteiger partial charge in [0.25, 0.3) is 5.91 Å². The maximum atomic E-state index is 12.0. The van der Waals surface area contributed by atoms with Crippen LogP contribution in [0, 0.1) is 0 Å². The molecule has 0 aliphatic heterocycles. The predicted octanol–water partition coefficient (Wildman–Crippen LogP) is 3.49. The Labute approximate surface area is 156 Å². The van der Waals surface area contributed by atoms with E-state index >= 15 is 0 Å². The van der Waals surface area contributed by atoms with Gasteiger partial charge < -0.3 is 14.8 Å². The Kier molecular flexibility index (Phi) is 7.17. The number of amides is 1. The van der Waals surface area contributed by atoms with Gasteiger partial charge >= 0.3 is 5.97 Å². The summed E-state index contributed by atoms with van der Waals surface area (Å²) in [5.74, 6) is -0.691. The van der Waals surface area contributed by atoms with Gasteiger partial charge in [0, 0.05) is 28.8 Å². The molecule has 136 valence electrons. The quantitative estimate of drug-likeness (QED) is 0.564. The number of esters is 1. The second kappa shape index (κ2) is 9.58. The van der Waals surface area contributed by atoms with Crippen LogP contribution < -0.4 is 10.1 Å². The molecule has 0 unspecified atom stereocenters. The molecule has 2 aromatic rings. The number of ketones is 1. The van der Waals surface area contributed by atoms with Crippen molar-refractivity contribution in [3.8, 4) is 5.75 Å². The zero-order valence-electron chi connectivity index (χ0n) is 14.2. The summed E-state index contributed by atoms with van der Waals surface area (Å²) in [4.78, 5) is 35.5. The van der Waals surface area contributed by atoms with Gasteiger partial charge in [-0.05, 0) is 36.4 Å². The number of anilines is 1. The normalized spacial score (nSPS) is 10.1. The first-order valence-electron chi connectivity index (χ1n) is 7.86. The molecule has 2 aromatic carbocycles. The maximum Gasteiger partial charge on any atom is 0.306 e. The second-order valence-corrected chi connectivity index (χ2v) is 5.81. The molecule has 0 bridgehead atoms. The number of methoxy groups -OCH3 is 1. The van der Waals surface area contributed by atoms with E-state index in [1.165, 1.54) is 7.11 Å². The number of rotatable bonds is 8. The van der Waals surface area contributed by atoms with Crippen LogP contribution in [0.3, 0.4) is 0 Å². The first-order valence-corrected chi connectivity index (χ1v) is 8.24. The number of halogens is 1. The third-order valence-corrected chi connectivity index (χ3v) is 3.69. The molecule has 7 heteroatoms. The van der Waals surface area contributed by atoms with Crippen molar-refractivity contribution in [3.63, 3.8) is 0 Å². The molecule has 0 saturated carbocycles. The van der Waals surface area contributed by atoms with Gasteiger partial charge in [-0.3, -0.25) is 14.4 Å². The SMILES string of the molecule is COc1cccc(NC(=O)COC(=O)CCC(=O)c2ccc(Cl)cc2)c1. The van der Waals surface area contributed by atoms with Crippen molar-refractivity contribution in [2.75, 3.05) is 19.0 Å². The Morgan fingerprint density at radius 2 is 1.77 bits per heavy atom. The largest absolute Gasteiger partial charge is 0.497 e. The maximum absolute atomic E-state index is 12.0. The number of ether oxygens (including phenoxy) is 2. The molecule has 0 aliphatic carbocycles. The number of hydrogen-bond acceptors (Lipinski definition) is 5. The molecule has 1 amide bonds. The average molecular weight is 376 g/mol. The average Bonchev–Trinajstić information content (AvgIpc) is 2.65. The Balaban J connectivity index is 1.73. The zero-order chi connectivity index (χ0) is 18.9. The van der Waals surface area contributed by atoms with E-state index in [-0.39, 0.29) is 18.6 Å². The summed E-state index contributed by atoms with van der Waals surface area (Å²) in [6, 6.07) is 13.2. The van der Waals surface area contributed by atoms with Gasteiger partial charge in [0.2, 0.25) is 0 Å². The molecule has 0 fully saturated rings. The molecule has 2 rings (SSSR count). The van der Waals surface area contributed by atoms with Crippen molar-refractivity contribution in [2.45, 2.75) is 12.8 Å². The molecule has 0 aromatic heterocycles. The molecule has 0 aliphatic rings. The summed E-state index contributed by atoms with van der Waals surface area (Å²) in [5, 5.41) is 3.12. The molecule has 26 heavy (non-hydrogen) atoms. The van der Waals surface area contributed by atoms with Crippen LogP contribution in [-0.2, 0) is 14.3 Å². The fourth-order valence-corrected chi connectivity index (χ4v) is 2.24. The summed E-state index contributed by atoms with van der Waals surface area (Å²) in [6.45, 7) is -0.425. The van der Waals surface area contributed by atoms with Crippen LogP contribution in [0.1, 0.15) is 23.2 Å². The highest BCUT2D eigenvalue weighted by Gasteiger charge is 2.12. The summed E-state index contributed by atoms with van der Waals surface area (Å²) < 4.78 is 9.94. The number of carbonyl (C=O) groups excluding carboxylic acids is 3. The first kappa shape index (κ1) is 19.5. The highest BCUT2D eigenvalue weighted by Crippen LogP contribution is 2.16. The van der Waals surface area contributed by atoms with Crippen molar-refractivity contribution in [1.82, 2.24) is 0 Å². The van der Waals surface area contributed by atoms with Gasteiger partial charge in [-0.1, -0.05) is 17.7 Å². The van der Waals surface area contributed by atoms with Crippen LogP contribution in [0.2, 0.25) is 5.02 Å². The van der Waals surface area contributed by atoms with Crippen LogP contribution in [0.15, 0.2) is 48.5 Å². The van der Waals surface area contributed by atoms with Crippen LogP contribution in [0.25, 0.3) is 0 Å². The lowest BCUT2D eigenvalue weighted by atomic mass is 10.1. The van der Waals surface area contributed by atoms with E-state index < -0.39 is 18.5 Å². The fourth-order valence-electron chi connectivity index (χ4n) is 2.11. The van der Waals surface area contributed by atoms with Gasteiger partial charge in [0.15, 0.2) is 12.4 Å². The highest BCUT2D eigenvalue weighted by molar-refractivity contribution is 6.30. The summed E-state index contributed by atoms with van der Waals surface area (Å²) in [7, 11) is 1.52. The van der Waals surface area contributed by atoms with Crippen molar-refractivity contribution in [2.24, 2.45) is 0 Å². The number of benzene rings is 2. The van der Waals surface area contributed by atoms with Gasteiger partial charge in [0.1, 0.15) is 5.75 Å². The first-order chi connectivity index (χ1) is 12.5. The van der Waals surface area contributed by atoms with E-state index in [0.717, 1.165) is 0 Å². The fraction of sp³-hybridized carbons (Fsp3) is 0.211. The van der Waals surface area contributed by atoms with E-state index in [1.54, 1.807) is 48.5 Å². The number of nitrogens with one attached hydrogen (secondary N) is 1. The molecular weight excluding hydrogens is 358 g/mol. The smallest absolute Gasteiger partial charge is 0.306 e.